The van der Waals surface area contributed by atoms with Crippen molar-refractivity contribution in [3.8, 4) is 0 Å². The number of benzene rings is 2. The molecule has 1 aliphatic rings. The van der Waals surface area contributed by atoms with Crippen LogP contribution in [0.5, 0.6) is 0 Å². The van der Waals surface area contributed by atoms with Gasteiger partial charge in [-0.3, -0.25) is 9.69 Å². The van der Waals surface area contributed by atoms with Gasteiger partial charge in [0.05, 0.1) is 15.8 Å². The number of ether oxygens (including phenoxy) is 1. The van der Waals surface area contributed by atoms with Gasteiger partial charge in [-0.05, 0) is 23.8 Å². The molecule has 0 bridgehead atoms. The average molecular weight is 338 g/mol. The molecule has 5 nitrogen and oxygen atoms in total. The molecule has 0 saturated carbocycles. The number of rotatable bonds is 2. The Morgan fingerprint density at radius 1 is 1.21 bits per heavy atom. The summed E-state index contributed by atoms with van der Waals surface area (Å²) in [7, 11) is 1.66. The second-order valence-electron chi connectivity index (χ2n) is 5.62. The standard InChI is InChI=1S/C18H14N2O3S/c1-20(18-19-13-8-4-5-9-15(13)24-18)16(21)14-10-11-6-2-3-7-12(11)17(22)23-14/h2-9,14H,10H2,1H3. The van der Waals surface area contributed by atoms with Crippen LogP contribution in [0.15, 0.2) is 48.5 Å². The third kappa shape index (κ3) is 2.45. The number of anilines is 1. The van der Waals surface area contributed by atoms with E-state index in [1.807, 2.05) is 36.4 Å². The van der Waals surface area contributed by atoms with Crippen LogP contribution in [-0.2, 0) is 16.0 Å². The molecule has 0 aliphatic carbocycles. The Balaban J connectivity index is 1.60. The van der Waals surface area contributed by atoms with E-state index in [4.69, 9.17) is 4.74 Å². The predicted molar refractivity (Wildman–Crippen MR) is 92.4 cm³/mol. The maximum atomic E-state index is 12.7. The molecule has 1 amide bonds. The van der Waals surface area contributed by atoms with Crippen LogP contribution < -0.4 is 4.90 Å². The molecule has 0 spiro atoms. The summed E-state index contributed by atoms with van der Waals surface area (Å²) in [6.07, 6.45) is -0.430. The number of likely N-dealkylation sites (N-methyl/N-ethyl adjacent to an activating group) is 1. The van der Waals surface area contributed by atoms with Gasteiger partial charge in [0.1, 0.15) is 0 Å². The Bertz CT molecular complexity index is 917. The highest BCUT2D eigenvalue weighted by atomic mass is 32.1. The molecule has 2 aromatic carbocycles. The Labute approximate surface area is 142 Å². The van der Waals surface area contributed by atoms with E-state index in [0.717, 1.165) is 15.8 Å². The van der Waals surface area contributed by atoms with Gasteiger partial charge in [-0.15, -0.1) is 0 Å². The first-order chi connectivity index (χ1) is 11.6. The molecule has 0 N–H and O–H groups in total. The highest BCUT2D eigenvalue weighted by Gasteiger charge is 2.33. The van der Waals surface area contributed by atoms with E-state index in [-0.39, 0.29) is 5.91 Å². The summed E-state index contributed by atoms with van der Waals surface area (Å²) in [6.45, 7) is 0. The number of thiazole rings is 1. The molecule has 1 aliphatic heterocycles. The summed E-state index contributed by atoms with van der Waals surface area (Å²) in [5.74, 6) is -0.718. The second kappa shape index (κ2) is 5.72. The lowest BCUT2D eigenvalue weighted by Gasteiger charge is -2.26. The fourth-order valence-corrected chi connectivity index (χ4v) is 3.72. The van der Waals surface area contributed by atoms with Crippen molar-refractivity contribution in [3.05, 3.63) is 59.7 Å². The molecule has 1 aromatic heterocycles. The van der Waals surface area contributed by atoms with Gasteiger partial charge in [0.25, 0.3) is 5.91 Å². The highest BCUT2D eigenvalue weighted by Crippen LogP contribution is 2.29. The maximum Gasteiger partial charge on any atom is 0.339 e. The van der Waals surface area contributed by atoms with Crippen molar-refractivity contribution >= 4 is 38.6 Å². The van der Waals surface area contributed by atoms with E-state index >= 15 is 0 Å². The number of carbonyl (C=O) groups excluding carboxylic acids is 2. The van der Waals surface area contributed by atoms with E-state index in [0.29, 0.717) is 17.1 Å². The van der Waals surface area contributed by atoms with Crippen LogP contribution in [0.25, 0.3) is 10.2 Å². The van der Waals surface area contributed by atoms with Gasteiger partial charge >= 0.3 is 5.97 Å². The van der Waals surface area contributed by atoms with E-state index in [2.05, 4.69) is 4.98 Å². The number of nitrogens with zero attached hydrogens (tertiary/aromatic N) is 2. The number of cyclic esters (lactones) is 1. The zero-order valence-corrected chi connectivity index (χ0v) is 13.7. The second-order valence-corrected chi connectivity index (χ2v) is 6.63. The van der Waals surface area contributed by atoms with Crippen LogP contribution in [0.2, 0.25) is 0 Å². The summed E-state index contributed by atoms with van der Waals surface area (Å²) in [4.78, 5) is 30.8. The van der Waals surface area contributed by atoms with Gasteiger partial charge < -0.3 is 4.74 Å². The molecule has 1 unspecified atom stereocenters. The summed E-state index contributed by atoms with van der Waals surface area (Å²) >= 11 is 1.44. The van der Waals surface area contributed by atoms with Gasteiger partial charge in [0.2, 0.25) is 0 Å². The number of fused-ring (bicyclic) bond motifs is 2. The molecule has 2 heterocycles. The van der Waals surface area contributed by atoms with E-state index in [1.165, 1.54) is 16.2 Å². The van der Waals surface area contributed by atoms with Crippen molar-refractivity contribution in [3.63, 3.8) is 0 Å². The minimum atomic E-state index is -0.815. The minimum absolute atomic E-state index is 0.267. The molecule has 1 atom stereocenters. The molecular weight excluding hydrogens is 324 g/mol. The summed E-state index contributed by atoms with van der Waals surface area (Å²) < 4.78 is 6.35. The lowest BCUT2D eigenvalue weighted by atomic mass is 9.98. The molecule has 0 saturated heterocycles. The van der Waals surface area contributed by atoms with Crippen LogP contribution >= 0.6 is 11.3 Å². The number of hydrogen-bond donors (Lipinski definition) is 0. The molecule has 24 heavy (non-hydrogen) atoms. The Kier molecular flexibility index (Phi) is 3.54. The number of para-hydroxylation sites is 1. The monoisotopic (exact) mass is 338 g/mol. The van der Waals surface area contributed by atoms with Crippen molar-refractivity contribution < 1.29 is 14.3 Å². The van der Waals surface area contributed by atoms with Crippen molar-refractivity contribution in [2.24, 2.45) is 0 Å². The zero-order valence-electron chi connectivity index (χ0n) is 12.9. The quantitative estimate of drug-likeness (QED) is 0.674. The van der Waals surface area contributed by atoms with Crippen LogP contribution in [-0.4, -0.2) is 30.0 Å². The summed E-state index contributed by atoms with van der Waals surface area (Å²) in [5.41, 5.74) is 2.22. The Morgan fingerprint density at radius 3 is 2.79 bits per heavy atom. The summed E-state index contributed by atoms with van der Waals surface area (Å²) in [6, 6.07) is 14.9. The normalized spacial score (nSPS) is 16.5. The van der Waals surface area contributed by atoms with Gasteiger partial charge in [-0.2, -0.15) is 0 Å². The van der Waals surface area contributed by atoms with Crippen molar-refractivity contribution in [1.29, 1.82) is 0 Å². The number of amides is 1. The molecule has 4 rings (SSSR count). The van der Waals surface area contributed by atoms with E-state index in [1.54, 1.807) is 19.2 Å². The predicted octanol–water partition coefficient (Wildman–Crippen LogP) is 3.04. The molecule has 120 valence electrons. The number of esters is 1. The van der Waals surface area contributed by atoms with Gasteiger partial charge in [0.15, 0.2) is 11.2 Å². The first-order valence-electron chi connectivity index (χ1n) is 7.55. The van der Waals surface area contributed by atoms with Crippen LogP contribution in [0.3, 0.4) is 0 Å². The number of aromatic nitrogens is 1. The third-order valence-electron chi connectivity index (χ3n) is 4.07. The van der Waals surface area contributed by atoms with E-state index in [9.17, 15) is 9.59 Å². The molecular formula is C18H14N2O3S. The Morgan fingerprint density at radius 2 is 1.96 bits per heavy atom. The van der Waals surface area contributed by atoms with Gasteiger partial charge in [-0.25, -0.2) is 9.78 Å². The highest BCUT2D eigenvalue weighted by molar-refractivity contribution is 7.22. The average Bonchev–Trinajstić information content (AvgIpc) is 3.04. The lowest BCUT2D eigenvalue weighted by molar-refractivity contribution is -0.127. The fraction of sp³-hybridized carbons (Fsp3) is 0.167. The number of hydrogen-bond acceptors (Lipinski definition) is 5. The SMILES string of the molecule is CN(C(=O)C1Cc2ccccc2C(=O)O1)c1nc2ccccc2s1. The summed E-state index contributed by atoms with van der Waals surface area (Å²) in [5, 5.41) is 0.594. The topological polar surface area (TPSA) is 59.5 Å². The Hall–Kier alpha value is -2.73. The molecule has 3 aromatic rings. The van der Waals surface area contributed by atoms with Crippen LogP contribution in [0.1, 0.15) is 15.9 Å². The van der Waals surface area contributed by atoms with Crippen molar-refractivity contribution in [1.82, 2.24) is 4.98 Å². The molecule has 6 heteroatoms. The number of carbonyl (C=O) groups is 2. The fourth-order valence-electron chi connectivity index (χ4n) is 2.78. The lowest BCUT2D eigenvalue weighted by Crippen LogP contribution is -2.42. The van der Waals surface area contributed by atoms with Gasteiger partial charge in [0, 0.05) is 13.5 Å². The van der Waals surface area contributed by atoms with Crippen molar-refractivity contribution in [2.45, 2.75) is 12.5 Å². The zero-order chi connectivity index (χ0) is 16.7. The maximum absolute atomic E-state index is 12.7. The van der Waals surface area contributed by atoms with Crippen molar-refractivity contribution in [2.75, 3.05) is 11.9 Å². The molecule has 0 fully saturated rings. The first-order valence-corrected chi connectivity index (χ1v) is 8.37. The minimum Gasteiger partial charge on any atom is -0.448 e. The smallest absolute Gasteiger partial charge is 0.339 e. The largest absolute Gasteiger partial charge is 0.448 e. The molecule has 0 radical (unpaired) electrons. The van der Waals surface area contributed by atoms with E-state index < -0.39 is 12.1 Å². The van der Waals surface area contributed by atoms with Crippen LogP contribution in [0.4, 0.5) is 5.13 Å². The van der Waals surface area contributed by atoms with Crippen LogP contribution in [0, 0.1) is 0 Å². The third-order valence-corrected chi connectivity index (χ3v) is 5.18. The first kappa shape index (κ1) is 14.8. The van der Waals surface area contributed by atoms with Gasteiger partial charge in [-0.1, -0.05) is 41.7 Å².